The molecule has 3 rings (SSSR count). The Morgan fingerprint density at radius 2 is 2.10 bits per heavy atom. The van der Waals surface area contributed by atoms with Gasteiger partial charge in [0.15, 0.2) is 0 Å². The lowest BCUT2D eigenvalue weighted by atomic mass is 9.97. The van der Waals surface area contributed by atoms with Crippen LogP contribution in [0.5, 0.6) is 0 Å². The molecule has 2 aromatic carbocycles. The minimum Gasteiger partial charge on any atom is -0.384 e. The Bertz CT molecular complexity index is 651. The molecule has 0 spiro atoms. The summed E-state index contributed by atoms with van der Waals surface area (Å²) in [5.74, 6) is 0.388. The van der Waals surface area contributed by atoms with Crippen molar-refractivity contribution < 1.29 is 4.79 Å². The number of nitrogens with one attached hydrogen (secondary N) is 2. The van der Waals surface area contributed by atoms with E-state index in [4.69, 9.17) is 0 Å². The van der Waals surface area contributed by atoms with Crippen molar-refractivity contribution in [1.29, 1.82) is 0 Å². The standard InChI is InChI=1S/C18H20N2O/c1-13-5-4-6-14(9-13)11-20-18(21)10-15-12-19-17-8-3-2-7-16(15)17/h2-9,15,19H,10-12H2,1H3,(H,20,21). The van der Waals surface area contributed by atoms with Crippen LogP contribution in [0.4, 0.5) is 5.69 Å². The Morgan fingerprint density at radius 1 is 1.24 bits per heavy atom. The highest BCUT2D eigenvalue weighted by Crippen LogP contribution is 2.32. The zero-order valence-corrected chi connectivity index (χ0v) is 12.2. The van der Waals surface area contributed by atoms with Crippen LogP contribution in [0.15, 0.2) is 48.5 Å². The first-order valence-electron chi connectivity index (χ1n) is 7.37. The van der Waals surface area contributed by atoms with Crippen LogP contribution in [-0.2, 0) is 11.3 Å². The van der Waals surface area contributed by atoms with Gasteiger partial charge >= 0.3 is 0 Å². The van der Waals surface area contributed by atoms with Crippen molar-refractivity contribution in [3.8, 4) is 0 Å². The molecule has 0 bridgehead atoms. The van der Waals surface area contributed by atoms with E-state index < -0.39 is 0 Å². The number of para-hydroxylation sites is 1. The second kappa shape index (κ2) is 6.00. The molecule has 2 aromatic rings. The van der Waals surface area contributed by atoms with Crippen LogP contribution in [-0.4, -0.2) is 12.5 Å². The van der Waals surface area contributed by atoms with Crippen molar-refractivity contribution in [3.05, 3.63) is 65.2 Å². The van der Waals surface area contributed by atoms with Crippen molar-refractivity contribution in [3.63, 3.8) is 0 Å². The molecular formula is C18H20N2O. The smallest absolute Gasteiger partial charge is 0.220 e. The van der Waals surface area contributed by atoms with Crippen molar-refractivity contribution in [2.45, 2.75) is 25.8 Å². The van der Waals surface area contributed by atoms with Gasteiger partial charge in [-0.25, -0.2) is 0 Å². The molecule has 1 unspecified atom stereocenters. The van der Waals surface area contributed by atoms with Crippen LogP contribution in [0.25, 0.3) is 0 Å². The predicted molar refractivity (Wildman–Crippen MR) is 85.3 cm³/mol. The van der Waals surface area contributed by atoms with E-state index in [1.807, 2.05) is 24.3 Å². The van der Waals surface area contributed by atoms with E-state index in [1.165, 1.54) is 11.1 Å². The number of hydrogen-bond acceptors (Lipinski definition) is 2. The molecule has 1 amide bonds. The van der Waals surface area contributed by atoms with E-state index >= 15 is 0 Å². The number of carbonyl (C=O) groups excluding carboxylic acids is 1. The highest BCUT2D eigenvalue weighted by atomic mass is 16.1. The maximum atomic E-state index is 12.1. The summed E-state index contributed by atoms with van der Waals surface area (Å²) < 4.78 is 0. The zero-order chi connectivity index (χ0) is 14.7. The quantitative estimate of drug-likeness (QED) is 0.903. The average molecular weight is 280 g/mol. The van der Waals surface area contributed by atoms with Crippen molar-refractivity contribution in [1.82, 2.24) is 5.32 Å². The summed E-state index contributed by atoms with van der Waals surface area (Å²) in [7, 11) is 0. The van der Waals surface area contributed by atoms with Gasteiger partial charge in [0.25, 0.3) is 0 Å². The van der Waals surface area contributed by atoms with Crippen molar-refractivity contribution in [2.75, 3.05) is 11.9 Å². The topological polar surface area (TPSA) is 41.1 Å². The number of rotatable bonds is 4. The molecule has 1 heterocycles. The third kappa shape index (κ3) is 3.24. The van der Waals surface area contributed by atoms with Gasteiger partial charge in [-0.3, -0.25) is 4.79 Å². The molecule has 0 aromatic heterocycles. The van der Waals surface area contributed by atoms with Gasteiger partial charge in [0.05, 0.1) is 0 Å². The lowest BCUT2D eigenvalue weighted by Crippen LogP contribution is -2.25. The van der Waals surface area contributed by atoms with Crippen molar-refractivity contribution in [2.24, 2.45) is 0 Å². The number of hydrogen-bond donors (Lipinski definition) is 2. The van der Waals surface area contributed by atoms with Gasteiger partial charge in [0.1, 0.15) is 0 Å². The van der Waals surface area contributed by atoms with E-state index in [1.54, 1.807) is 0 Å². The van der Waals surface area contributed by atoms with Gasteiger partial charge in [-0.2, -0.15) is 0 Å². The summed E-state index contributed by atoms with van der Waals surface area (Å²) in [4.78, 5) is 12.1. The fourth-order valence-electron chi connectivity index (χ4n) is 2.86. The summed E-state index contributed by atoms with van der Waals surface area (Å²) in [6, 6.07) is 16.5. The van der Waals surface area contributed by atoms with Crippen LogP contribution < -0.4 is 10.6 Å². The van der Waals surface area contributed by atoms with Gasteiger partial charge in [0, 0.05) is 31.1 Å². The van der Waals surface area contributed by atoms with Crippen LogP contribution in [0.3, 0.4) is 0 Å². The molecule has 21 heavy (non-hydrogen) atoms. The highest BCUT2D eigenvalue weighted by Gasteiger charge is 2.23. The zero-order valence-electron chi connectivity index (χ0n) is 12.2. The molecule has 2 N–H and O–H groups in total. The first-order chi connectivity index (χ1) is 10.2. The first kappa shape index (κ1) is 13.7. The Hall–Kier alpha value is -2.29. The molecule has 0 fully saturated rings. The maximum absolute atomic E-state index is 12.1. The fourth-order valence-corrected chi connectivity index (χ4v) is 2.86. The largest absolute Gasteiger partial charge is 0.384 e. The molecule has 0 radical (unpaired) electrons. The van der Waals surface area contributed by atoms with Crippen LogP contribution in [0.1, 0.15) is 29.0 Å². The second-order valence-electron chi connectivity index (χ2n) is 5.63. The van der Waals surface area contributed by atoms with Gasteiger partial charge < -0.3 is 10.6 Å². The van der Waals surface area contributed by atoms with E-state index in [9.17, 15) is 4.79 Å². The fraction of sp³-hybridized carbons (Fsp3) is 0.278. The number of fused-ring (bicyclic) bond motifs is 1. The number of amides is 1. The maximum Gasteiger partial charge on any atom is 0.220 e. The van der Waals surface area contributed by atoms with E-state index in [2.05, 4.69) is 41.8 Å². The average Bonchev–Trinajstić information content (AvgIpc) is 2.89. The molecule has 1 aliphatic heterocycles. The summed E-state index contributed by atoms with van der Waals surface area (Å²) in [6.45, 7) is 3.51. The number of aryl methyl sites for hydroxylation is 1. The summed E-state index contributed by atoms with van der Waals surface area (Å²) in [5, 5.41) is 6.37. The monoisotopic (exact) mass is 280 g/mol. The van der Waals surface area contributed by atoms with Gasteiger partial charge in [0.2, 0.25) is 5.91 Å². The highest BCUT2D eigenvalue weighted by molar-refractivity contribution is 5.78. The molecule has 3 nitrogen and oxygen atoms in total. The molecule has 0 saturated heterocycles. The SMILES string of the molecule is Cc1cccc(CNC(=O)CC2CNc3ccccc32)c1. The molecular weight excluding hydrogens is 260 g/mol. The second-order valence-corrected chi connectivity index (χ2v) is 5.63. The number of anilines is 1. The van der Waals surface area contributed by atoms with Crippen LogP contribution >= 0.6 is 0 Å². The van der Waals surface area contributed by atoms with E-state index in [0.717, 1.165) is 17.8 Å². The summed E-state index contributed by atoms with van der Waals surface area (Å²) in [5.41, 5.74) is 4.78. The Morgan fingerprint density at radius 3 is 2.95 bits per heavy atom. The summed E-state index contributed by atoms with van der Waals surface area (Å²) >= 11 is 0. The lowest BCUT2D eigenvalue weighted by Gasteiger charge is -2.11. The third-order valence-electron chi connectivity index (χ3n) is 3.94. The van der Waals surface area contributed by atoms with E-state index in [0.29, 0.717) is 13.0 Å². The molecule has 0 saturated carbocycles. The molecule has 1 atom stereocenters. The number of carbonyl (C=O) groups is 1. The first-order valence-corrected chi connectivity index (χ1v) is 7.37. The molecule has 0 aliphatic carbocycles. The minimum atomic E-state index is 0.111. The van der Waals surface area contributed by atoms with Crippen LogP contribution in [0.2, 0.25) is 0 Å². The molecule has 1 aliphatic rings. The predicted octanol–water partition coefficient (Wildman–Crippen LogP) is 3.21. The van der Waals surface area contributed by atoms with Gasteiger partial charge in [-0.1, -0.05) is 48.0 Å². The molecule has 3 heteroatoms. The molecule has 108 valence electrons. The normalized spacial score (nSPS) is 16.1. The third-order valence-corrected chi connectivity index (χ3v) is 3.94. The minimum absolute atomic E-state index is 0.111. The van der Waals surface area contributed by atoms with Crippen LogP contribution in [0, 0.1) is 6.92 Å². The Labute approximate surface area is 125 Å². The van der Waals surface area contributed by atoms with E-state index in [-0.39, 0.29) is 11.8 Å². The van der Waals surface area contributed by atoms with Crippen molar-refractivity contribution >= 4 is 11.6 Å². The van der Waals surface area contributed by atoms with Gasteiger partial charge in [-0.15, -0.1) is 0 Å². The number of benzene rings is 2. The summed E-state index contributed by atoms with van der Waals surface area (Å²) in [6.07, 6.45) is 0.538. The Kier molecular flexibility index (Phi) is 3.91. The van der Waals surface area contributed by atoms with Gasteiger partial charge in [-0.05, 0) is 24.1 Å². The lowest BCUT2D eigenvalue weighted by molar-refractivity contribution is -0.121. The Balaban J connectivity index is 1.56.